The molecular formula is C16H19F3O. The van der Waals surface area contributed by atoms with E-state index in [4.69, 9.17) is 4.74 Å². The van der Waals surface area contributed by atoms with Crippen LogP contribution < -0.4 is 0 Å². The van der Waals surface area contributed by atoms with Crippen LogP contribution in [0.1, 0.15) is 44.6 Å². The third-order valence-corrected chi connectivity index (χ3v) is 3.60. The first kappa shape index (κ1) is 14.9. The maximum absolute atomic E-state index is 13.1. The van der Waals surface area contributed by atoms with Gasteiger partial charge in [-0.1, -0.05) is 13.3 Å². The molecule has 1 unspecified atom stereocenters. The third-order valence-electron chi connectivity index (χ3n) is 3.60. The number of rotatable bonds is 5. The van der Waals surface area contributed by atoms with Gasteiger partial charge in [0.15, 0.2) is 17.5 Å². The zero-order valence-electron chi connectivity index (χ0n) is 11.6. The molecule has 1 aliphatic heterocycles. The number of benzene rings is 1. The maximum atomic E-state index is 13.1. The molecule has 1 aromatic rings. The van der Waals surface area contributed by atoms with E-state index in [0.717, 1.165) is 43.4 Å². The van der Waals surface area contributed by atoms with Crippen LogP contribution >= 0.6 is 0 Å². The van der Waals surface area contributed by atoms with Crippen molar-refractivity contribution in [3.63, 3.8) is 0 Å². The Kier molecular flexibility index (Phi) is 5.10. The van der Waals surface area contributed by atoms with Crippen molar-refractivity contribution < 1.29 is 17.9 Å². The molecule has 20 heavy (non-hydrogen) atoms. The number of aryl methyl sites for hydroxylation is 1. The first-order valence-corrected chi connectivity index (χ1v) is 7.07. The number of allylic oxidation sites excluding steroid dienone is 1. The Morgan fingerprint density at radius 1 is 1.15 bits per heavy atom. The van der Waals surface area contributed by atoms with Crippen LogP contribution in [0.4, 0.5) is 13.2 Å². The van der Waals surface area contributed by atoms with Crippen LogP contribution in [0.5, 0.6) is 0 Å². The second kappa shape index (κ2) is 6.82. The van der Waals surface area contributed by atoms with Gasteiger partial charge >= 0.3 is 0 Å². The van der Waals surface area contributed by atoms with Gasteiger partial charge in [0.05, 0.1) is 12.4 Å². The molecule has 0 amide bonds. The maximum Gasteiger partial charge on any atom is 0.194 e. The molecule has 0 N–H and O–H groups in total. The Morgan fingerprint density at radius 2 is 1.85 bits per heavy atom. The van der Waals surface area contributed by atoms with Crippen molar-refractivity contribution in [1.82, 2.24) is 0 Å². The standard InChI is InChI=1S/C16H19F3O/c1-2-3-13-7-6-11(10-20-13)4-5-12-8-14(17)16(19)15(18)9-12/h8-10,13H,2-7H2,1H3. The SMILES string of the molecule is CCCC1CCC(CCc2cc(F)c(F)c(F)c2)=CO1. The summed E-state index contributed by atoms with van der Waals surface area (Å²) in [7, 11) is 0. The topological polar surface area (TPSA) is 9.23 Å². The normalized spacial score (nSPS) is 18.6. The van der Waals surface area contributed by atoms with Crippen LogP contribution in [0.3, 0.4) is 0 Å². The minimum absolute atomic E-state index is 0.296. The van der Waals surface area contributed by atoms with Gasteiger partial charge in [-0.15, -0.1) is 0 Å². The Labute approximate surface area is 117 Å². The van der Waals surface area contributed by atoms with Gasteiger partial charge in [-0.05, 0) is 55.4 Å². The highest BCUT2D eigenvalue weighted by atomic mass is 19.2. The molecule has 1 aliphatic rings. The van der Waals surface area contributed by atoms with Crippen LogP contribution in [-0.2, 0) is 11.2 Å². The fourth-order valence-corrected chi connectivity index (χ4v) is 2.44. The molecular weight excluding hydrogens is 265 g/mol. The van der Waals surface area contributed by atoms with Crippen LogP contribution in [-0.4, -0.2) is 6.10 Å². The molecule has 2 rings (SSSR count). The van der Waals surface area contributed by atoms with Crippen molar-refractivity contribution in [2.75, 3.05) is 0 Å². The molecule has 1 atom stereocenters. The molecule has 0 fully saturated rings. The quantitative estimate of drug-likeness (QED) is 0.699. The van der Waals surface area contributed by atoms with Crippen molar-refractivity contribution >= 4 is 0 Å². The molecule has 0 saturated heterocycles. The molecule has 0 spiro atoms. The van der Waals surface area contributed by atoms with Crippen molar-refractivity contribution in [3.05, 3.63) is 47.0 Å². The van der Waals surface area contributed by atoms with Gasteiger partial charge in [0.2, 0.25) is 0 Å². The van der Waals surface area contributed by atoms with E-state index in [1.54, 1.807) is 6.26 Å². The average molecular weight is 284 g/mol. The molecule has 0 aromatic heterocycles. The molecule has 1 aromatic carbocycles. The second-order valence-corrected chi connectivity index (χ2v) is 5.23. The predicted molar refractivity (Wildman–Crippen MR) is 71.7 cm³/mol. The van der Waals surface area contributed by atoms with Gasteiger partial charge in [-0.25, -0.2) is 13.2 Å². The van der Waals surface area contributed by atoms with E-state index in [1.807, 2.05) is 0 Å². The van der Waals surface area contributed by atoms with E-state index in [-0.39, 0.29) is 0 Å². The summed E-state index contributed by atoms with van der Waals surface area (Å²) in [6.45, 7) is 2.13. The first-order chi connectivity index (χ1) is 9.60. The van der Waals surface area contributed by atoms with Crippen LogP contribution in [0, 0.1) is 17.5 Å². The number of ether oxygens (including phenoxy) is 1. The largest absolute Gasteiger partial charge is 0.498 e. The van der Waals surface area contributed by atoms with E-state index in [9.17, 15) is 13.2 Å². The van der Waals surface area contributed by atoms with Crippen molar-refractivity contribution in [3.8, 4) is 0 Å². The first-order valence-electron chi connectivity index (χ1n) is 7.07. The van der Waals surface area contributed by atoms with Crippen molar-refractivity contribution in [2.24, 2.45) is 0 Å². The molecule has 1 heterocycles. The number of halogens is 3. The molecule has 0 saturated carbocycles. The molecule has 1 nitrogen and oxygen atoms in total. The summed E-state index contributed by atoms with van der Waals surface area (Å²) in [4.78, 5) is 0. The van der Waals surface area contributed by atoms with E-state index >= 15 is 0 Å². The molecule has 4 heteroatoms. The van der Waals surface area contributed by atoms with E-state index in [1.165, 1.54) is 0 Å². The Balaban J connectivity index is 1.90. The minimum atomic E-state index is -1.41. The number of hydrogen-bond donors (Lipinski definition) is 0. The predicted octanol–water partition coefficient (Wildman–Crippen LogP) is 4.90. The smallest absolute Gasteiger partial charge is 0.194 e. The Bertz CT molecular complexity index is 473. The molecule has 0 bridgehead atoms. The monoisotopic (exact) mass is 284 g/mol. The summed E-state index contributed by atoms with van der Waals surface area (Å²) >= 11 is 0. The summed E-state index contributed by atoms with van der Waals surface area (Å²) in [6, 6.07) is 2.12. The molecule has 110 valence electrons. The fourth-order valence-electron chi connectivity index (χ4n) is 2.44. The zero-order valence-corrected chi connectivity index (χ0v) is 11.6. The lowest BCUT2D eigenvalue weighted by Crippen LogP contribution is -2.14. The van der Waals surface area contributed by atoms with Gasteiger partial charge in [0.1, 0.15) is 0 Å². The zero-order chi connectivity index (χ0) is 14.5. The van der Waals surface area contributed by atoms with Gasteiger partial charge in [0, 0.05) is 0 Å². The van der Waals surface area contributed by atoms with Gasteiger partial charge < -0.3 is 4.74 Å². The summed E-state index contributed by atoms with van der Waals surface area (Å²) in [6.07, 6.45) is 7.35. The summed E-state index contributed by atoms with van der Waals surface area (Å²) in [5.74, 6) is -3.66. The summed E-state index contributed by atoms with van der Waals surface area (Å²) < 4.78 is 44.6. The lowest BCUT2D eigenvalue weighted by molar-refractivity contribution is 0.109. The van der Waals surface area contributed by atoms with Gasteiger partial charge in [-0.3, -0.25) is 0 Å². The van der Waals surface area contributed by atoms with E-state index < -0.39 is 17.5 Å². The average Bonchev–Trinajstić information content (AvgIpc) is 2.44. The van der Waals surface area contributed by atoms with Gasteiger partial charge in [0.25, 0.3) is 0 Å². The van der Waals surface area contributed by atoms with Crippen molar-refractivity contribution in [1.29, 1.82) is 0 Å². The van der Waals surface area contributed by atoms with E-state index in [2.05, 4.69) is 6.92 Å². The highest BCUT2D eigenvalue weighted by Crippen LogP contribution is 2.24. The molecule has 0 aliphatic carbocycles. The summed E-state index contributed by atoms with van der Waals surface area (Å²) in [5.41, 5.74) is 1.61. The highest BCUT2D eigenvalue weighted by molar-refractivity contribution is 5.20. The fraction of sp³-hybridized carbons (Fsp3) is 0.500. The minimum Gasteiger partial charge on any atom is -0.498 e. The Hall–Kier alpha value is -1.45. The van der Waals surface area contributed by atoms with E-state index in [0.29, 0.717) is 24.5 Å². The van der Waals surface area contributed by atoms with Crippen LogP contribution in [0.25, 0.3) is 0 Å². The highest BCUT2D eigenvalue weighted by Gasteiger charge is 2.15. The van der Waals surface area contributed by atoms with Crippen LogP contribution in [0.15, 0.2) is 24.0 Å². The van der Waals surface area contributed by atoms with Crippen LogP contribution in [0.2, 0.25) is 0 Å². The lowest BCUT2D eigenvalue weighted by atomic mass is 9.97. The third kappa shape index (κ3) is 3.78. The second-order valence-electron chi connectivity index (χ2n) is 5.23. The number of hydrogen-bond acceptors (Lipinski definition) is 1. The van der Waals surface area contributed by atoms with Crippen molar-refractivity contribution in [2.45, 2.75) is 51.6 Å². The summed E-state index contributed by atoms with van der Waals surface area (Å²) in [5, 5.41) is 0. The lowest BCUT2D eigenvalue weighted by Gasteiger charge is -2.22. The molecule has 0 radical (unpaired) electrons. The van der Waals surface area contributed by atoms with Gasteiger partial charge in [-0.2, -0.15) is 0 Å². The Morgan fingerprint density at radius 3 is 2.40 bits per heavy atom.